The first kappa shape index (κ1) is 21.0. The van der Waals surface area contributed by atoms with Crippen LogP contribution in [0.2, 0.25) is 0 Å². The summed E-state index contributed by atoms with van der Waals surface area (Å²) in [5.41, 5.74) is 7.03. The number of thiophene rings is 1. The van der Waals surface area contributed by atoms with E-state index in [1.165, 1.54) is 4.88 Å². The van der Waals surface area contributed by atoms with Crippen LogP contribution in [0.15, 0.2) is 47.3 Å². The Labute approximate surface area is 176 Å². The highest BCUT2D eigenvalue weighted by atomic mass is 32.1. The zero-order valence-electron chi connectivity index (χ0n) is 17.5. The summed E-state index contributed by atoms with van der Waals surface area (Å²) in [4.78, 5) is 13.9. The normalized spacial score (nSPS) is 15.6. The number of ether oxygens (including phenoxy) is 2. The molecular formula is C22H29N3O3S. The van der Waals surface area contributed by atoms with Crippen molar-refractivity contribution in [3.05, 3.63) is 57.7 Å². The van der Waals surface area contributed by atoms with E-state index in [-0.39, 0.29) is 12.0 Å². The molecule has 0 spiro atoms. The third-order valence-corrected chi connectivity index (χ3v) is 6.44. The molecule has 2 heterocycles. The van der Waals surface area contributed by atoms with E-state index in [4.69, 9.17) is 15.2 Å². The van der Waals surface area contributed by atoms with Crippen molar-refractivity contribution < 1.29 is 14.3 Å². The van der Waals surface area contributed by atoms with Gasteiger partial charge in [0.05, 0.1) is 11.7 Å². The molecule has 0 aliphatic carbocycles. The van der Waals surface area contributed by atoms with Crippen LogP contribution in [-0.2, 0) is 4.74 Å². The average molecular weight is 416 g/mol. The molecule has 3 rings (SSSR count). The SMILES string of the molecule is CCC(NC(=O)OC(C)(C)C(C)c1cccs1)c1ccc2c(c1)NC(N)=C(C)O2. The van der Waals surface area contributed by atoms with Crippen LogP contribution in [0.4, 0.5) is 10.5 Å². The molecule has 1 aliphatic heterocycles. The summed E-state index contributed by atoms with van der Waals surface area (Å²) in [6, 6.07) is 9.67. The van der Waals surface area contributed by atoms with Gasteiger partial charge in [-0.1, -0.05) is 26.0 Å². The van der Waals surface area contributed by atoms with Crippen molar-refractivity contribution in [3.8, 4) is 5.75 Å². The van der Waals surface area contributed by atoms with Gasteiger partial charge in [-0.25, -0.2) is 4.79 Å². The minimum atomic E-state index is -0.630. The Morgan fingerprint density at radius 3 is 2.79 bits per heavy atom. The lowest BCUT2D eigenvalue weighted by atomic mass is 9.91. The largest absolute Gasteiger partial charge is 0.456 e. The second-order valence-electron chi connectivity index (χ2n) is 7.79. The molecule has 7 heteroatoms. The van der Waals surface area contributed by atoms with Crippen molar-refractivity contribution in [2.75, 3.05) is 5.32 Å². The minimum absolute atomic E-state index is 0.0939. The average Bonchev–Trinajstić information content (AvgIpc) is 3.20. The van der Waals surface area contributed by atoms with E-state index >= 15 is 0 Å². The molecule has 2 unspecified atom stereocenters. The summed E-state index contributed by atoms with van der Waals surface area (Å²) in [6.45, 7) is 9.78. The lowest BCUT2D eigenvalue weighted by molar-refractivity contribution is 0.0209. The van der Waals surface area contributed by atoms with Crippen LogP contribution < -0.4 is 21.1 Å². The van der Waals surface area contributed by atoms with Crippen LogP contribution in [0, 0.1) is 0 Å². The molecule has 0 saturated heterocycles. The molecule has 2 aromatic rings. The predicted octanol–water partition coefficient (Wildman–Crippen LogP) is 5.46. The Morgan fingerprint density at radius 1 is 1.38 bits per heavy atom. The molecule has 1 aromatic carbocycles. The van der Waals surface area contributed by atoms with E-state index in [0.29, 0.717) is 17.3 Å². The Morgan fingerprint density at radius 2 is 2.14 bits per heavy atom. The van der Waals surface area contributed by atoms with E-state index in [9.17, 15) is 4.79 Å². The molecular weight excluding hydrogens is 386 g/mol. The summed E-state index contributed by atoms with van der Waals surface area (Å²) in [6.07, 6.45) is 0.294. The van der Waals surface area contributed by atoms with Gasteiger partial charge in [0.1, 0.15) is 17.2 Å². The number of hydrogen-bond acceptors (Lipinski definition) is 6. The van der Waals surface area contributed by atoms with Crippen molar-refractivity contribution in [2.45, 2.75) is 58.6 Å². The fraction of sp³-hybridized carbons (Fsp3) is 0.409. The smallest absolute Gasteiger partial charge is 0.408 e. The summed E-state index contributed by atoms with van der Waals surface area (Å²) in [5.74, 6) is 1.93. The molecule has 1 amide bonds. The van der Waals surface area contributed by atoms with Gasteiger partial charge < -0.3 is 25.8 Å². The van der Waals surface area contributed by atoms with Crippen molar-refractivity contribution in [1.82, 2.24) is 5.32 Å². The molecule has 156 valence electrons. The van der Waals surface area contributed by atoms with Crippen molar-refractivity contribution in [2.24, 2.45) is 5.73 Å². The molecule has 1 aliphatic rings. The molecule has 2 atom stereocenters. The lowest BCUT2D eigenvalue weighted by Gasteiger charge is -2.32. The summed E-state index contributed by atoms with van der Waals surface area (Å²) >= 11 is 1.67. The van der Waals surface area contributed by atoms with Gasteiger partial charge in [-0.15, -0.1) is 11.3 Å². The maximum absolute atomic E-state index is 12.7. The van der Waals surface area contributed by atoms with E-state index in [2.05, 4.69) is 23.6 Å². The zero-order valence-corrected chi connectivity index (χ0v) is 18.4. The molecule has 0 fully saturated rings. The number of nitrogens with two attached hydrogens (primary N) is 1. The Bertz CT molecular complexity index is 906. The van der Waals surface area contributed by atoms with Crippen LogP contribution in [0.3, 0.4) is 0 Å². The fourth-order valence-corrected chi connectivity index (χ4v) is 4.16. The highest BCUT2D eigenvalue weighted by Crippen LogP contribution is 2.35. The number of benzene rings is 1. The van der Waals surface area contributed by atoms with Gasteiger partial charge in [0.25, 0.3) is 0 Å². The van der Waals surface area contributed by atoms with Crippen LogP contribution in [0.1, 0.15) is 63.4 Å². The highest BCUT2D eigenvalue weighted by molar-refractivity contribution is 7.10. The van der Waals surface area contributed by atoms with Crippen molar-refractivity contribution in [1.29, 1.82) is 0 Å². The highest BCUT2D eigenvalue weighted by Gasteiger charge is 2.32. The number of anilines is 1. The molecule has 6 nitrogen and oxygen atoms in total. The molecule has 4 N–H and O–H groups in total. The second kappa shape index (κ2) is 8.37. The van der Waals surface area contributed by atoms with Gasteiger partial charge in [-0.3, -0.25) is 0 Å². The van der Waals surface area contributed by atoms with Gasteiger partial charge >= 0.3 is 6.09 Å². The fourth-order valence-electron chi connectivity index (χ4n) is 3.20. The van der Waals surface area contributed by atoms with E-state index in [1.54, 1.807) is 11.3 Å². The first-order valence-corrected chi connectivity index (χ1v) is 10.7. The molecule has 0 bridgehead atoms. The second-order valence-corrected chi connectivity index (χ2v) is 8.77. The Kier molecular flexibility index (Phi) is 6.07. The van der Waals surface area contributed by atoms with E-state index in [0.717, 1.165) is 17.7 Å². The van der Waals surface area contributed by atoms with Gasteiger partial charge in [-0.05, 0) is 56.3 Å². The standard InChI is InChI=1S/C22H29N3O3S/c1-6-16(15-9-10-18-17(12-15)24-20(23)14(3)27-18)25-21(26)28-22(4,5)13(2)19-8-7-11-29-19/h7-13,16,24H,6,23H2,1-5H3,(H,25,26). The third-order valence-electron chi connectivity index (χ3n) is 5.39. The molecule has 0 radical (unpaired) electrons. The van der Waals surface area contributed by atoms with Crippen molar-refractivity contribution >= 4 is 23.1 Å². The maximum Gasteiger partial charge on any atom is 0.408 e. The van der Waals surface area contributed by atoms with Crippen LogP contribution >= 0.6 is 11.3 Å². The summed E-state index contributed by atoms with van der Waals surface area (Å²) in [5, 5.41) is 8.17. The van der Waals surface area contributed by atoms with Gasteiger partial charge in [0.15, 0.2) is 5.75 Å². The summed E-state index contributed by atoms with van der Waals surface area (Å²) in [7, 11) is 0. The number of hydrogen-bond donors (Lipinski definition) is 3. The van der Waals surface area contributed by atoms with Crippen LogP contribution in [0.25, 0.3) is 0 Å². The molecule has 1 aromatic heterocycles. The van der Waals surface area contributed by atoms with Gasteiger partial charge in [-0.2, -0.15) is 0 Å². The van der Waals surface area contributed by atoms with Crippen LogP contribution in [-0.4, -0.2) is 11.7 Å². The first-order chi connectivity index (χ1) is 13.7. The topological polar surface area (TPSA) is 85.6 Å². The lowest BCUT2D eigenvalue weighted by Crippen LogP contribution is -2.39. The minimum Gasteiger partial charge on any atom is -0.456 e. The first-order valence-electron chi connectivity index (χ1n) is 9.79. The zero-order chi connectivity index (χ0) is 21.2. The number of fused-ring (bicyclic) bond motifs is 1. The number of carbonyl (C=O) groups excluding carboxylic acids is 1. The number of nitrogens with one attached hydrogen (secondary N) is 2. The Balaban J connectivity index is 1.69. The number of amides is 1. The van der Waals surface area contributed by atoms with Crippen molar-refractivity contribution in [3.63, 3.8) is 0 Å². The van der Waals surface area contributed by atoms with E-state index in [1.807, 2.05) is 57.3 Å². The van der Waals surface area contributed by atoms with E-state index < -0.39 is 11.7 Å². The van der Waals surface area contributed by atoms with Crippen LogP contribution in [0.5, 0.6) is 5.75 Å². The van der Waals surface area contributed by atoms with Gasteiger partial charge in [0.2, 0.25) is 0 Å². The quantitative estimate of drug-likeness (QED) is 0.583. The number of rotatable bonds is 6. The number of carbonyl (C=O) groups is 1. The molecule has 29 heavy (non-hydrogen) atoms. The monoisotopic (exact) mass is 415 g/mol. The molecule has 0 saturated carbocycles. The number of alkyl carbamates (subject to hydrolysis) is 1. The third kappa shape index (κ3) is 4.67. The summed E-state index contributed by atoms with van der Waals surface area (Å²) < 4.78 is 11.5. The number of allylic oxidation sites excluding steroid dienone is 1. The Hall–Kier alpha value is -2.67. The van der Waals surface area contributed by atoms with Gasteiger partial charge in [0, 0.05) is 10.8 Å². The predicted molar refractivity (Wildman–Crippen MR) is 117 cm³/mol. The maximum atomic E-state index is 12.7.